The zero-order valence-corrected chi connectivity index (χ0v) is 13.4. The third-order valence-corrected chi connectivity index (χ3v) is 4.83. The highest BCUT2D eigenvalue weighted by atomic mass is 19.4. The van der Waals surface area contributed by atoms with Crippen LogP contribution in [0.15, 0.2) is 4.52 Å². The second-order valence-corrected chi connectivity index (χ2v) is 6.22. The van der Waals surface area contributed by atoms with E-state index in [0.717, 1.165) is 0 Å². The van der Waals surface area contributed by atoms with Crippen molar-refractivity contribution in [3.05, 3.63) is 17.0 Å². The fourth-order valence-electron chi connectivity index (χ4n) is 3.19. The smallest absolute Gasteiger partial charge is 0.395 e. The molecular weight excluding hydrogens is 313 g/mol. The van der Waals surface area contributed by atoms with Crippen molar-refractivity contribution in [1.29, 1.82) is 0 Å². The lowest BCUT2D eigenvalue weighted by molar-refractivity contribution is -0.248. The number of aryl methyl sites for hydroxylation is 2. The topological polar surface area (TPSA) is 66.6 Å². The van der Waals surface area contributed by atoms with Crippen molar-refractivity contribution in [2.24, 2.45) is 5.41 Å². The summed E-state index contributed by atoms with van der Waals surface area (Å²) in [5.41, 5.74) is -0.805. The Labute approximate surface area is 132 Å². The van der Waals surface area contributed by atoms with Gasteiger partial charge in [0.05, 0.1) is 23.6 Å². The first kappa shape index (κ1) is 17.8. The second-order valence-electron chi connectivity index (χ2n) is 6.22. The zero-order valence-electron chi connectivity index (χ0n) is 13.4. The lowest BCUT2D eigenvalue weighted by atomic mass is 9.78. The van der Waals surface area contributed by atoms with E-state index in [0.29, 0.717) is 17.0 Å². The van der Waals surface area contributed by atoms with E-state index in [1.54, 1.807) is 20.8 Å². The van der Waals surface area contributed by atoms with Gasteiger partial charge in [-0.3, -0.25) is 4.79 Å². The van der Waals surface area contributed by atoms with Crippen molar-refractivity contribution < 1.29 is 27.6 Å². The van der Waals surface area contributed by atoms with Crippen LogP contribution in [0, 0.1) is 19.3 Å². The van der Waals surface area contributed by atoms with Gasteiger partial charge in [-0.2, -0.15) is 13.2 Å². The van der Waals surface area contributed by atoms with Crippen LogP contribution in [0.5, 0.6) is 0 Å². The Hall–Kier alpha value is -1.57. The van der Waals surface area contributed by atoms with Gasteiger partial charge in [0.2, 0.25) is 5.91 Å². The molecule has 1 saturated heterocycles. The minimum atomic E-state index is -4.47. The fourth-order valence-corrected chi connectivity index (χ4v) is 3.19. The van der Waals surface area contributed by atoms with E-state index in [1.165, 1.54) is 4.90 Å². The average Bonchev–Trinajstić information content (AvgIpc) is 2.83. The van der Waals surface area contributed by atoms with E-state index in [4.69, 9.17) is 4.52 Å². The number of alkyl halides is 3. The number of rotatable bonds is 3. The lowest BCUT2D eigenvalue weighted by Gasteiger charge is -2.42. The van der Waals surface area contributed by atoms with Gasteiger partial charge in [-0.15, -0.1) is 0 Å². The molecule has 8 heteroatoms. The number of halogens is 3. The van der Waals surface area contributed by atoms with E-state index < -0.39 is 24.1 Å². The van der Waals surface area contributed by atoms with Gasteiger partial charge in [-0.05, 0) is 33.6 Å². The van der Waals surface area contributed by atoms with Crippen LogP contribution < -0.4 is 0 Å². The summed E-state index contributed by atoms with van der Waals surface area (Å²) >= 11 is 0. The number of aliphatic hydroxyl groups excluding tert-OH is 1. The predicted molar refractivity (Wildman–Crippen MR) is 75.8 cm³/mol. The molecule has 1 atom stereocenters. The Bertz CT molecular complexity index is 556. The van der Waals surface area contributed by atoms with Gasteiger partial charge >= 0.3 is 6.18 Å². The summed E-state index contributed by atoms with van der Waals surface area (Å²) < 4.78 is 44.4. The third kappa shape index (κ3) is 3.08. The Morgan fingerprint density at radius 3 is 2.35 bits per heavy atom. The molecule has 1 aromatic rings. The molecule has 0 aliphatic carbocycles. The van der Waals surface area contributed by atoms with Gasteiger partial charge in [0, 0.05) is 18.7 Å². The van der Waals surface area contributed by atoms with Crippen LogP contribution in [0.1, 0.15) is 42.7 Å². The summed E-state index contributed by atoms with van der Waals surface area (Å²) in [6.45, 7) is 4.14. The minimum Gasteiger partial charge on any atom is -0.395 e. The number of piperidine rings is 1. The summed E-state index contributed by atoms with van der Waals surface area (Å²) in [6, 6.07) is 0. The van der Waals surface area contributed by atoms with Crippen LogP contribution in [-0.4, -0.2) is 46.9 Å². The van der Waals surface area contributed by atoms with E-state index in [1.807, 2.05) is 0 Å². The van der Waals surface area contributed by atoms with E-state index >= 15 is 0 Å². The second kappa shape index (κ2) is 6.14. The highest BCUT2D eigenvalue weighted by Gasteiger charge is 2.55. The van der Waals surface area contributed by atoms with Crippen molar-refractivity contribution >= 4 is 5.91 Å². The number of aliphatic hydroxyl groups is 1. The largest absolute Gasteiger partial charge is 0.396 e. The highest BCUT2D eigenvalue weighted by molar-refractivity contribution is 5.84. The molecule has 1 aromatic heterocycles. The van der Waals surface area contributed by atoms with Gasteiger partial charge in [0.1, 0.15) is 5.76 Å². The third-order valence-electron chi connectivity index (χ3n) is 4.83. The standard InChI is InChI=1S/C15H21F3N2O3/c1-9(12-10(2)19-23-11(12)3)13(22)20-6-4-14(8-21,5-7-20)15(16,17)18/h9,21H,4-8H2,1-3H3. The molecule has 1 aliphatic heterocycles. The number of carbonyl (C=O) groups excluding carboxylic acids is 1. The summed E-state index contributed by atoms with van der Waals surface area (Å²) in [7, 11) is 0. The van der Waals surface area contributed by atoms with Crippen LogP contribution in [-0.2, 0) is 4.79 Å². The number of hydrogen-bond donors (Lipinski definition) is 1. The normalized spacial score (nSPS) is 19.7. The number of hydrogen-bond acceptors (Lipinski definition) is 4. The first-order chi connectivity index (χ1) is 10.6. The van der Waals surface area contributed by atoms with E-state index in [2.05, 4.69) is 5.16 Å². The van der Waals surface area contributed by atoms with Crippen LogP contribution in [0.4, 0.5) is 13.2 Å². The van der Waals surface area contributed by atoms with E-state index in [-0.39, 0.29) is 31.8 Å². The van der Waals surface area contributed by atoms with Crippen molar-refractivity contribution in [2.45, 2.75) is 45.7 Å². The molecule has 1 amide bonds. The maximum Gasteiger partial charge on any atom is 0.396 e. The zero-order chi connectivity index (χ0) is 17.4. The van der Waals surface area contributed by atoms with Crippen LogP contribution in [0.25, 0.3) is 0 Å². The van der Waals surface area contributed by atoms with Crippen LogP contribution >= 0.6 is 0 Å². The first-order valence-electron chi connectivity index (χ1n) is 7.52. The SMILES string of the molecule is Cc1noc(C)c1C(C)C(=O)N1CCC(CO)(C(F)(F)F)CC1. The summed E-state index contributed by atoms with van der Waals surface area (Å²) in [5, 5.41) is 13.0. The maximum atomic E-state index is 13.1. The molecule has 2 rings (SSSR count). The number of nitrogens with zero attached hydrogens (tertiary/aromatic N) is 2. The van der Waals surface area contributed by atoms with Gasteiger partial charge in [0.25, 0.3) is 0 Å². The molecule has 1 unspecified atom stereocenters. The number of likely N-dealkylation sites (tertiary alicyclic amines) is 1. The Balaban J connectivity index is 2.10. The fraction of sp³-hybridized carbons (Fsp3) is 0.733. The quantitative estimate of drug-likeness (QED) is 0.922. The molecule has 5 nitrogen and oxygen atoms in total. The van der Waals surface area contributed by atoms with Crippen molar-refractivity contribution in [3.8, 4) is 0 Å². The van der Waals surface area contributed by atoms with Crippen molar-refractivity contribution in [3.63, 3.8) is 0 Å². The predicted octanol–water partition coefficient (Wildman–Crippen LogP) is 2.56. The molecule has 0 saturated carbocycles. The first-order valence-corrected chi connectivity index (χ1v) is 7.52. The molecule has 0 bridgehead atoms. The molecule has 1 aliphatic rings. The minimum absolute atomic E-state index is 0.0212. The molecule has 0 radical (unpaired) electrons. The number of amides is 1. The summed E-state index contributed by atoms with van der Waals surface area (Å²) in [6.07, 6.45) is -5.04. The molecule has 1 N–H and O–H groups in total. The monoisotopic (exact) mass is 334 g/mol. The van der Waals surface area contributed by atoms with Crippen molar-refractivity contribution in [1.82, 2.24) is 10.1 Å². The molecule has 130 valence electrons. The lowest BCUT2D eigenvalue weighted by Crippen LogP contribution is -2.52. The van der Waals surface area contributed by atoms with E-state index in [9.17, 15) is 23.1 Å². The van der Waals surface area contributed by atoms with Gasteiger partial charge in [-0.25, -0.2) is 0 Å². The van der Waals surface area contributed by atoms with Crippen LogP contribution in [0.2, 0.25) is 0 Å². The summed E-state index contributed by atoms with van der Waals surface area (Å²) in [5.74, 6) is -0.220. The summed E-state index contributed by atoms with van der Waals surface area (Å²) in [4.78, 5) is 14.0. The maximum absolute atomic E-state index is 13.1. The number of aromatic nitrogens is 1. The van der Waals surface area contributed by atoms with Gasteiger partial charge in [-0.1, -0.05) is 5.16 Å². The Morgan fingerprint density at radius 2 is 1.96 bits per heavy atom. The van der Waals surface area contributed by atoms with Crippen molar-refractivity contribution in [2.75, 3.05) is 19.7 Å². The van der Waals surface area contributed by atoms with Crippen LogP contribution in [0.3, 0.4) is 0 Å². The van der Waals surface area contributed by atoms with Gasteiger partial charge < -0.3 is 14.5 Å². The molecule has 0 spiro atoms. The van der Waals surface area contributed by atoms with Gasteiger partial charge in [0.15, 0.2) is 0 Å². The average molecular weight is 334 g/mol. The Kier molecular flexibility index (Phi) is 4.75. The molecule has 1 fully saturated rings. The number of carbonyl (C=O) groups is 1. The molecular formula is C15H21F3N2O3. The molecule has 23 heavy (non-hydrogen) atoms. The Morgan fingerprint density at radius 1 is 1.39 bits per heavy atom. The molecule has 2 heterocycles. The highest BCUT2D eigenvalue weighted by Crippen LogP contribution is 2.46. The molecule has 0 aromatic carbocycles.